The minimum Gasteiger partial charge on any atom is -0.396 e. The summed E-state index contributed by atoms with van der Waals surface area (Å²) in [5.74, 6) is 0.0846. The Labute approximate surface area is 147 Å². The highest BCUT2D eigenvalue weighted by molar-refractivity contribution is 7.89. The molecular weight excluding hydrogens is 346 g/mol. The molecule has 2 aliphatic heterocycles. The molecule has 0 aromatic heterocycles. The van der Waals surface area contributed by atoms with Gasteiger partial charge >= 0.3 is 0 Å². The summed E-state index contributed by atoms with van der Waals surface area (Å²) in [6.45, 7) is 2.17. The first-order valence-corrected chi connectivity index (χ1v) is 10.0. The maximum Gasteiger partial charge on any atom is 0.293 e. The average Bonchev–Trinajstić information content (AvgIpc) is 3.16. The predicted molar refractivity (Wildman–Crippen MR) is 93.1 cm³/mol. The van der Waals surface area contributed by atoms with Crippen LogP contribution in [-0.2, 0) is 10.0 Å². The normalized spacial score (nSPS) is 22.3. The maximum atomic E-state index is 12.7. The Kier molecular flexibility index (Phi) is 5.26. The van der Waals surface area contributed by atoms with E-state index in [0.29, 0.717) is 31.9 Å². The topological polar surface area (TPSA) is 104 Å². The van der Waals surface area contributed by atoms with Crippen LogP contribution in [0.3, 0.4) is 0 Å². The van der Waals surface area contributed by atoms with Crippen molar-refractivity contribution in [3.8, 4) is 0 Å². The molecule has 138 valence electrons. The summed E-state index contributed by atoms with van der Waals surface area (Å²) in [6, 6.07) is 4.16. The number of hydrogen-bond donors (Lipinski definition) is 1. The van der Waals surface area contributed by atoms with Crippen LogP contribution >= 0.6 is 0 Å². The lowest BCUT2D eigenvalue weighted by Crippen LogP contribution is -2.37. The van der Waals surface area contributed by atoms with Crippen LogP contribution in [0.15, 0.2) is 23.1 Å². The third-order valence-electron chi connectivity index (χ3n) is 4.96. The van der Waals surface area contributed by atoms with Gasteiger partial charge in [0.1, 0.15) is 5.69 Å². The first-order valence-electron chi connectivity index (χ1n) is 8.58. The molecule has 0 saturated carbocycles. The number of piperidine rings is 1. The minimum atomic E-state index is -3.69. The van der Waals surface area contributed by atoms with E-state index in [1.807, 2.05) is 4.90 Å². The van der Waals surface area contributed by atoms with E-state index < -0.39 is 14.9 Å². The van der Waals surface area contributed by atoms with Crippen LogP contribution in [0.2, 0.25) is 0 Å². The lowest BCUT2D eigenvalue weighted by atomic mass is 9.98. The molecule has 2 heterocycles. The number of nitro groups is 1. The van der Waals surface area contributed by atoms with E-state index in [0.717, 1.165) is 25.7 Å². The first kappa shape index (κ1) is 18.1. The number of nitrogens with zero attached hydrogens (tertiary/aromatic N) is 3. The molecule has 2 saturated heterocycles. The van der Waals surface area contributed by atoms with Gasteiger partial charge in [-0.05, 0) is 43.7 Å². The second-order valence-electron chi connectivity index (χ2n) is 6.66. The van der Waals surface area contributed by atoms with Gasteiger partial charge in [0, 0.05) is 38.9 Å². The molecule has 1 atom stereocenters. The SMILES string of the molecule is O=[N+]([O-])c1cc(S(=O)(=O)N2CCCC2)ccc1N1CCC[C@H](CO)C1. The quantitative estimate of drug-likeness (QED) is 0.624. The highest BCUT2D eigenvalue weighted by Crippen LogP contribution is 2.34. The van der Waals surface area contributed by atoms with Crippen LogP contribution in [0, 0.1) is 16.0 Å². The van der Waals surface area contributed by atoms with Crippen LogP contribution in [0.1, 0.15) is 25.7 Å². The number of anilines is 1. The van der Waals surface area contributed by atoms with Crippen LogP contribution in [0.4, 0.5) is 11.4 Å². The molecule has 1 aromatic carbocycles. The molecule has 1 N–H and O–H groups in total. The Morgan fingerprint density at radius 2 is 1.92 bits per heavy atom. The Morgan fingerprint density at radius 1 is 1.20 bits per heavy atom. The van der Waals surface area contributed by atoms with Gasteiger partial charge in [-0.1, -0.05) is 0 Å². The van der Waals surface area contributed by atoms with Gasteiger partial charge in [-0.25, -0.2) is 8.42 Å². The van der Waals surface area contributed by atoms with Gasteiger partial charge in [0.2, 0.25) is 10.0 Å². The number of aliphatic hydroxyl groups excluding tert-OH is 1. The first-order chi connectivity index (χ1) is 11.9. The van der Waals surface area contributed by atoms with Gasteiger partial charge in [0.25, 0.3) is 5.69 Å². The van der Waals surface area contributed by atoms with Crippen LogP contribution < -0.4 is 4.90 Å². The van der Waals surface area contributed by atoms with Gasteiger partial charge < -0.3 is 10.0 Å². The summed E-state index contributed by atoms with van der Waals surface area (Å²) in [5.41, 5.74) is 0.224. The van der Waals surface area contributed by atoms with Gasteiger partial charge in [0.15, 0.2) is 0 Å². The standard InChI is InChI=1S/C16H23N3O5S/c20-12-13-4-3-7-17(11-13)15-6-5-14(10-16(15)19(21)22)25(23,24)18-8-1-2-9-18/h5-6,10,13,20H,1-4,7-9,11-12H2/t13-/m0/s1. The van der Waals surface area contributed by atoms with Crippen molar-refractivity contribution >= 4 is 21.4 Å². The molecule has 2 aliphatic rings. The van der Waals surface area contributed by atoms with Crippen molar-refractivity contribution in [2.45, 2.75) is 30.6 Å². The largest absolute Gasteiger partial charge is 0.396 e. The summed E-state index contributed by atoms with van der Waals surface area (Å²) < 4.78 is 26.7. The number of aliphatic hydroxyl groups is 1. The summed E-state index contributed by atoms with van der Waals surface area (Å²) in [4.78, 5) is 12.9. The van der Waals surface area contributed by atoms with E-state index in [1.165, 1.54) is 22.5 Å². The molecule has 0 unspecified atom stereocenters. The van der Waals surface area contributed by atoms with Crippen molar-refractivity contribution in [1.29, 1.82) is 0 Å². The van der Waals surface area contributed by atoms with Crippen molar-refractivity contribution < 1.29 is 18.4 Å². The molecular formula is C16H23N3O5S. The van der Waals surface area contributed by atoms with Gasteiger partial charge in [-0.2, -0.15) is 4.31 Å². The highest BCUT2D eigenvalue weighted by atomic mass is 32.2. The Bertz CT molecular complexity index is 746. The summed E-state index contributed by atoms with van der Waals surface area (Å²) >= 11 is 0. The number of nitro benzene ring substituents is 1. The molecule has 0 bridgehead atoms. The second kappa shape index (κ2) is 7.27. The van der Waals surface area contributed by atoms with Crippen molar-refractivity contribution in [2.24, 2.45) is 5.92 Å². The highest BCUT2D eigenvalue weighted by Gasteiger charge is 2.31. The lowest BCUT2D eigenvalue weighted by Gasteiger charge is -2.33. The average molecular weight is 369 g/mol. The molecule has 3 rings (SSSR count). The Hall–Kier alpha value is -1.71. The van der Waals surface area contributed by atoms with E-state index in [2.05, 4.69) is 0 Å². The van der Waals surface area contributed by atoms with E-state index in [-0.39, 0.29) is 23.1 Å². The Morgan fingerprint density at radius 3 is 2.56 bits per heavy atom. The van der Waals surface area contributed by atoms with E-state index in [1.54, 1.807) is 0 Å². The van der Waals surface area contributed by atoms with Crippen LogP contribution in [-0.4, -0.2) is 55.5 Å². The molecule has 1 aromatic rings. The molecule has 9 heteroatoms. The predicted octanol–water partition coefficient (Wildman–Crippen LogP) is 1.59. The fourth-order valence-electron chi connectivity index (χ4n) is 3.59. The van der Waals surface area contributed by atoms with Crippen LogP contribution in [0.5, 0.6) is 0 Å². The third-order valence-corrected chi connectivity index (χ3v) is 6.86. The molecule has 0 aliphatic carbocycles. The van der Waals surface area contributed by atoms with E-state index in [9.17, 15) is 23.6 Å². The van der Waals surface area contributed by atoms with Gasteiger partial charge in [-0.3, -0.25) is 10.1 Å². The summed E-state index contributed by atoms with van der Waals surface area (Å²) in [5, 5.41) is 20.9. The smallest absolute Gasteiger partial charge is 0.293 e. The zero-order chi connectivity index (χ0) is 18.0. The Balaban J connectivity index is 1.94. The van der Waals surface area contributed by atoms with Crippen molar-refractivity contribution in [1.82, 2.24) is 4.31 Å². The van der Waals surface area contributed by atoms with E-state index in [4.69, 9.17) is 0 Å². The van der Waals surface area contributed by atoms with E-state index >= 15 is 0 Å². The number of sulfonamides is 1. The fraction of sp³-hybridized carbons (Fsp3) is 0.625. The van der Waals surface area contributed by atoms with Gasteiger partial charge in [0.05, 0.1) is 9.82 Å². The number of rotatable bonds is 5. The van der Waals surface area contributed by atoms with Crippen molar-refractivity contribution in [3.63, 3.8) is 0 Å². The molecule has 0 radical (unpaired) electrons. The molecule has 25 heavy (non-hydrogen) atoms. The number of benzene rings is 1. The van der Waals surface area contributed by atoms with Crippen molar-refractivity contribution in [3.05, 3.63) is 28.3 Å². The summed E-state index contributed by atoms with van der Waals surface area (Å²) in [7, 11) is -3.69. The summed E-state index contributed by atoms with van der Waals surface area (Å²) in [6.07, 6.45) is 3.36. The van der Waals surface area contributed by atoms with Crippen molar-refractivity contribution in [2.75, 3.05) is 37.7 Å². The minimum absolute atomic E-state index is 0.0273. The lowest BCUT2D eigenvalue weighted by molar-refractivity contribution is -0.384. The third kappa shape index (κ3) is 3.63. The maximum absolute atomic E-state index is 12.7. The molecule has 8 nitrogen and oxygen atoms in total. The second-order valence-corrected chi connectivity index (χ2v) is 8.59. The zero-order valence-electron chi connectivity index (χ0n) is 14.0. The number of hydrogen-bond acceptors (Lipinski definition) is 6. The zero-order valence-corrected chi connectivity index (χ0v) is 14.8. The molecule has 0 spiro atoms. The molecule has 0 amide bonds. The van der Waals surface area contributed by atoms with Gasteiger partial charge in [-0.15, -0.1) is 0 Å². The fourth-order valence-corrected chi connectivity index (χ4v) is 5.13. The molecule has 2 fully saturated rings. The monoisotopic (exact) mass is 369 g/mol. The van der Waals surface area contributed by atoms with Crippen LogP contribution in [0.25, 0.3) is 0 Å².